The van der Waals surface area contributed by atoms with Gasteiger partial charge in [-0.3, -0.25) is 4.98 Å². The lowest BCUT2D eigenvalue weighted by molar-refractivity contribution is -0.131. The number of benzene rings is 1. The van der Waals surface area contributed by atoms with Gasteiger partial charge >= 0.3 is 5.97 Å². The van der Waals surface area contributed by atoms with Crippen LogP contribution in [-0.2, 0) is 11.4 Å². The average Bonchev–Trinajstić information content (AvgIpc) is 2.45. The van der Waals surface area contributed by atoms with Crippen molar-refractivity contribution in [3.05, 3.63) is 64.4 Å². The summed E-state index contributed by atoms with van der Waals surface area (Å²) in [7, 11) is 0. The van der Waals surface area contributed by atoms with E-state index in [4.69, 9.17) is 9.84 Å². The van der Waals surface area contributed by atoms with Crippen molar-refractivity contribution in [2.45, 2.75) is 6.61 Å². The van der Waals surface area contributed by atoms with Gasteiger partial charge in [-0.15, -0.1) is 0 Å². The fraction of sp³-hybridized carbons (Fsp3) is 0.0667. The first-order valence-electron chi connectivity index (χ1n) is 5.88. The minimum atomic E-state index is -0.975. The lowest BCUT2D eigenvalue weighted by Crippen LogP contribution is -1.98. The second kappa shape index (κ2) is 6.86. The Hall–Kier alpha value is -2.14. The van der Waals surface area contributed by atoms with Gasteiger partial charge in [0.05, 0.1) is 10.2 Å². The third-order valence-corrected chi connectivity index (χ3v) is 3.10. The van der Waals surface area contributed by atoms with Gasteiger partial charge in [0.2, 0.25) is 0 Å². The predicted octanol–water partition coefficient (Wildman–Crippen LogP) is 3.52. The quantitative estimate of drug-likeness (QED) is 0.850. The van der Waals surface area contributed by atoms with Crippen LogP contribution in [0.1, 0.15) is 11.3 Å². The van der Waals surface area contributed by atoms with Crippen LogP contribution in [0.5, 0.6) is 5.75 Å². The van der Waals surface area contributed by atoms with Crippen molar-refractivity contribution < 1.29 is 14.6 Å². The third-order valence-electron chi connectivity index (χ3n) is 2.48. The van der Waals surface area contributed by atoms with Gasteiger partial charge in [-0.1, -0.05) is 12.1 Å². The molecule has 0 saturated heterocycles. The van der Waals surface area contributed by atoms with Crippen LogP contribution in [0.3, 0.4) is 0 Å². The molecule has 1 heterocycles. The number of halogens is 1. The van der Waals surface area contributed by atoms with Gasteiger partial charge in [-0.25, -0.2) is 4.79 Å². The summed E-state index contributed by atoms with van der Waals surface area (Å²) in [5.74, 6) is -0.292. The van der Waals surface area contributed by atoms with E-state index >= 15 is 0 Å². The maximum Gasteiger partial charge on any atom is 0.328 e. The Balaban J connectivity index is 2.04. The largest absolute Gasteiger partial charge is 0.486 e. The fourth-order valence-corrected chi connectivity index (χ4v) is 2.05. The molecule has 0 spiro atoms. The number of hydrogen-bond donors (Lipinski definition) is 1. The van der Waals surface area contributed by atoms with E-state index in [0.29, 0.717) is 12.4 Å². The monoisotopic (exact) mass is 333 g/mol. The van der Waals surface area contributed by atoms with Crippen molar-refractivity contribution in [2.24, 2.45) is 0 Å². The molecule has 0 radical (unpaired) electrons. The lowest BCUT2D eigenvalue weighted by Gasteiger charge is -2.08. The van der Waals surface area contributed by atoms with Crippen molar-refractivity contribution >= 4 is 28.0 Å². The number of carboxylic acids is 1. The topological polar surface area (TPSA) is 59.4 Å². The molecule has 20 heavy (non-hydrogen) atoms. The van der Waals surface area contributed by atoms with Crippen LogP contribution in [-0.4, -0.2) is 16.1 Å². The lowest BCUT2D eigenvalue weighted by atomic mass is 10.2. The van der Waals surface area contributed by atoms with Gasteiger partial charge in [-0.2, -0.15) is 0 Å². The Bertz CT molecular complexity index is 626. The van der Waals surface area contributed by atoms with Crippen LogP contribution < -0.4 is 4.74 Å². The number of carbonyl (C=O) groups is 1. The van der Waals surface area contributed by atoms with E-state index in [9.17, 15) is 4.79 Å². The predicted molar refractivity (Wildman–Crippen MR) is 79.4 cm³/mol. The van der Waals surface area contributed by atoms with Crippen LogP contribution in [0.2, 0.25) is 0 Å². The second-order valence-corrected chi connectivity index (χ2v) is 4.83. The second-order valence-electron chi connectivity index (χ2n) is 3.97. The zero-order chi connectivity index (χ0) is 14.4. The molecule has 0 aliphatic carbocycles. The summed E-state index contributed by atoms with van der Waals surface area (Å²) in [5.41, 5.74) is 1.62. The molecule has 0 saturated carbocycles. The zero-order valence-corrected chi connectivity index (χ0v) is 12.1. The Morgan fingerprint density at radius 3 is 2.85 bits per heavy atom. The van der Waals surface area contributed by atoms with E-state index in [1.54, 1.807) is 24.4 Å². The Kier molecular flexibility index (Phi) is 4.90. The number of rotatable bonds is 5. The summed E-state index contributed by atoms with van der Waals surface area (Å²) < 4.78 is 6.42. The maximum absolute atomic E-state index is 10.5. The Labute approximate surface area is 124 Å². The fourth-order valence-electron chi connectivity index (χ4n) is 1.54. The molecule has 5 heteroatoms. The molecule has 1 N–H and O–H groups in total. The molecule has 0 aliphatic heterocycles. The molecule has 2 rings (SSSR count). The van der Waals surface area contributed by atoms with E-state index in [1.165, 1.54) is 6.08 Å². The highest BCUT2D eigenvalue weighted by Crippen LogP contribution is 2.27. The van der Waals surface area contributed by atoms with Crippen molar-refractivity contribution in [3.63, 3.8) is 0 Å². The van der Waals surface area contributed by atoms with Crippen molar-refractivity contribution in [1.82, 2.24) is 4.98 Å². The number of aromatic nitrogens is 1. The molecule has 1 aromatic heterocycles. The Morgan fingerprint density at radius 2 is 2.20 bits per heavy atom. The highest BCUT2D eigenvalue weighted by atomic mass is 79.9. The summed E-state index contributed by atoms with van der Waals surface area (Å²) in [6.07, 6.45) is 4.33. The normalized spacial score (nSPS) is 10.7. The molecule has 102 valence electrons. The van der Waals surface area contributed by atoms with Crippen LogP contribution >= 0.6 is 15.9 Å². The van der Waals surface area contributed by atoms with Crippen molar-refractivity contribution in [2.75, 3.05) is 0 Å². The standard InChI is InChI=1S/C15H12BrNO3/c16-13-9-11(5-7-15(18)19)4-6-14(13)20-10-12-3-1-2-8-17-12/h1-9H,10H2,(H,18,19). The molecule has 0 fully saturated rings. The first kappa shape index (κ1) is 14.3. The number of hydrogen-bond acceptors (Lipinski definition) is 3. The number of carboxylic acid groups (broad SMARTS) is 1. The van der Waals surface area contributed by atoms with Gasteiger partial charge in [0.25, 0.3) is 0 Å². The zero-order valence-electron chi connectivity index (χ0n) is 10.5. The van der Waals surface area contributed by atoms with E-state index in [2.05, 4.69) is 20.9 Å². The highest BCUT2D eigenvalue weighted by molar-refractivity contribution is 9.10. The number of nitrogens with zero attached hydrogens (tertiary/aromatic N) is 1. The Morgan fingerprint density at radius 1 is 1.35 bits per heavy atom. The van der Waals surface area contributed by atoms with Gasteiger partial charge in [0, 0.05) is 12.3 Å². The van der Waals surface area contributed by atoms with Crippen molar-refractivity contribution in [1.29, 1.82) is 0 Å². The molecule has 0 unspecified atom stereocenters. The van der Waals surface area contributed by atoms with Crippen LogP contribution in [0, 0.1) is 0 Å². The molecular weight excluding hydrogens is 322 g/mol. The van der Waals surface area contributed by atoms with Gasteiger partial charge in [0.15, 0.2) is 0 Å². The van der Waals surface area contributed by atoms with Crippen LogP contribution in [0.25, 0.3) is 6.08 Å². The van der Waals surface area contributed by atoms with Gasteiger partial charge in [0.1, 0.15) is 12.4 Å². The molecule has 0 atom stereocenters. The molecule has 4 nitrogen and oxygen atoms in total. The number of pyridine rings is 1. The first-order chi connectivity index (χ1) is 9.65. The number of ether oxygens (including phenoxy) is 1. The third kappa shape index (κ3) is 4.20. The SMILES string of the molecule is O=C(O)C=Cc1ccc(OCc2ccccn2)c(Br)c1. The number of aliphatic carboxylic acids is 1. The molecule has 1 aromatic carbocycles. The summed E-state index contributed by atoms with van der Waals surface area (Å²) >= 11 is 3.40. The van der Waals surface area contributed by atoms with Crippen LogP contribution in [0.4, 0.5) is 0 Å². The summed E-state index contributed by atoms with van der Waals surface area (Å²) in [6.45, 7) is 0.379. The maximum atomic E-state index is 10.5. The smallest absolute Gasteiger partial charge is 0.328 e. The average molecular weight is 334 g/mol. The van der Waals surface area contributed by atoms with Gasteiger partial charge in [-0.05, 0) is 51.8 Å². The minimum absolute atomic E-state index is 0.379. The molecule has 0 aliphatic rings. The van der Waals surface area contributed by atoms with Crippen LogP contribution in [0.15, 0.2) is 53.1 Å². The molecule has 0 bridgehead atoms. The van der Waals surface area contributed by atoms with E-state index in [-0.39, 0.29) is 0 Å². The molecule has 0 amide bonds. The first-order valence-corrected chi connectivity index (χ1v) is 6.68. The summed E-state index contributed by atoms with van der Waals surface area (Å²) in [5, 5.41) is 8.58. The van der Waals surface area contributed by atoms with Crippen molar-refractivity contribution in [3.8, 4) is 5.75 Å². The van der Waals surface area contributed by atoms with E-state index < -0.39 is 5.97 Å². The van der Waals surface area contributed by atoms with E-state index in [0.717, 1.165) is 21.8 Å². The van der Waals surface area contributed by atoms with Gasteiger partial charge < -0.3 is 9.84 Å². The molecule has 2 aromatic rings. The minimum Gasteiger partial charge on any atom is -0.486 e. The highest BCUT2D eigenvalue weighted by Gasteiger charge is 2.03. The molecular formula is C15H12BrNO3. The van der Waals surface area contributed by atoms with E-state index in [1.807, 2.05) is 18.2 Å². The summed E-state index contributed by atoms with van der Waals surface area (Å²) in [4.78, 5) is 14.6. The summed E-state index contributed by atoms with van der Waals surface area (Å²) in [6, 6.07) is 11.0.